The van der Waals surface area contributed by atoms with Crippen LogP contribution in [0.3, 0.4) is 0 Å². The Balaban J connectivity index is 1.78. The zero-order chi connectivity index (χ0) is 17.6. The molecule has 0 aromatic heterocycles. The van der Waals surface area contributed by atoms with Crippen molar-refractivity contribution in [3.63, 3.8) is 0 Å². The van der Waals surface area contributed by atoms with Crippen molar-refractivity contribution in [3.8, 4) is 0 Å². The third kappa shape index (κ3) is 4.09. The lowest BCUT2D eigenvalue weighted by Gasteiger charge is -2.28. The lowest BCUT2D eigenvalue weighted by molar-refractivity contribution is -0.142. The van der Waals surface area contributed by atoms with Crippen LogP contribution in [0.15, 0.2) is 42.5 Å². The molecule has 3 rings (SSSR count). The van der Waals surface area contributed by atoms with Gasteiger partial charge in [-0.3, -0.25) is 0 Å². The maximum atomic E-state index is 12.4. The summed E-state index contributed by atoms with van der Waals surface area (Å²) in [4.78, 5) is 26.3. The van der Waals surface area contributed by atoms with Crippen molar-refractivity contribution in [1.82, 2.24) is 10.2 Å². The van der Waals surface area contributed by atoms with Crippen molar-refractivity contribution in [2.24, 2.45) is 0 Å². The Kier molecular flexibility index (Phi) is 5.50. The minimum absolute atomic E-state index is 0.265. The number of rotatable bonds is 4. The van der Waals surface area contributed by atoms with Crippen LogP contribution < -0.4 is 5.32 Å². The molecule has 6 heteroatoms. The Hall–Kier alpha value is -2.60. The molecule has 0 bridgehead atoms. The van der Waals surface area contributed by atoms with Gasteiger partial charge in [-0.05, 0) is 16.3 Å². The predicted molar refractivity (Wildman–Crippen MR) is 94.4 cm³/mol. The van der Waals surface area contributed by atoms with Crippen molar-refractivity contribution in [2.45, 2.75) is 12.5 Å². The molecule has 0 unspecified atom stereocenters. The van der Waals surface area contributed by atoms with Gasteiger partial charge < -0.3 is 19.7 Å². The highest BCUT2D eigenvalue weighted by molar-refractivity contribution is 5.88. The molecule has 1 heterocycles. The number of methoxy groups -OCH3 is 1. The van der Waals surface area contributed by atoms with Crippen LogP contribution in [0.2, 0.25) is 0 Å². The molecule has 1 N–H and O–H groups in total. The molecule has 0 aliphatic carbocycles. The minimum Gasteiger partial charge on any atom is -0.467 e. The van der Waals surface area contributed by atoms with Gasteiger partial charge in [-0.2, -0.15) is 0 Å². The Bertz CT molecular complexity index is 751. The molecule has 0 radical (unpaired) electrons. The Morgan fingerprint density at radius 1 is 1.16 bits per heavy atom. The van der Waals surface area contributed by atoms with Crippen molar-refractivity contribution >= 4 is 22.8 Å². The van der Waals surface area contributed by atoms with Crippen LogP contribution in [0, 0.1) is 0 Å². The zero-order valence-corrected chi connectivity index (χ0v) is 14.2. The Morgan fingerprint density at radius 2 is 1.88 bits per heavy atom. The fourth-order valence-electron chi connectivity index (χ4n) is 3.03. The first-order valence-corrected chi connectivity index (χ1v) is 8.36. The quantitative estimate of drug-likeness (QED) is 0.863. The molecule has 0 spiro atoms. The predicted octanol–water partition coefficient (Wildman–Crippen LogP) is 1.97. The minimum atomic E-state index is -0.730. The molecular formula is C19H22N2O4. The topological polar surface area (TPSA) is 67.9 Å². The molecule has 2 amide bonds. The molecule has 1 aliphatic heterocycles. The SMILES string of the molecule is COC(=O)[C@H](Cc1cccc2ccccc12)NC(=O)N1CCOCC1. The fourth-order valence-corrected chi connectivity index (χ4v) is 3.03. The Morgan fingerprint density at radius 3 is 2.64 bits per heavy atom. The molecule has 2 aromatic rings. The summed E-state index contributed by atoms with van der Waals surface area (Å²) in [5.41, 5.74) is 0.996. The van der Waals surface area contributed by atoms with E-state index in [0.29, 0.717) is 32.7 Å². The van der Waals surface area contributed by atoms with Crippen molar-refractivity contribution in [2.75, 3.05) is 33.4 Å². The third-order valence-electron chi connectivity index (χ3n) is 4.39. The summed E-state index contributed by atoms with van der Waals surface area (Å²) in [6.45, 7) is 2.07. The van der Waals surface area contributed by atoms with Gasteiger partial charge in [-0.25, -0.2) is 9.59 Å². The van der Waals surface area contributed by atoms with Gasteiger partial charge in [-0.1, -0.05) is 42.5 Å². The number of nitrogens with one attached hydrogen (secondary N) is 1. The highest BCUT2D eigenvalue weighted by Crippen LogP contribution is 2.20. The van der Waals surface area contributed by atoms with Crippen molar-refractivity contribution in [3.05, 3.63) is 48.0 Å². The van der Waals surface area contributed by atoms with Crippen LogP contribution in [0.5, 0.6) is 0 Å². The molecule has 6 nitrogen and oxygen atoms in total. The standard InChI is InChI=1S/C19H22N2O4/c1-24-18(22)17(20-19(23)21-9-11-25-12-10-21)13-15-7-4-6-14-5-2-3-8-16(14)15/h2-8,17H,9-13H2,1H3,(H,20,23)/t17-/m0/s1. The molecule has 1 fully saturated rings. The van der Waals surface area contributed by atoms with E-state index in [1.54, 1.807) is 4.90 Å². The van der Waals surface area contributed by atoms with E-state index in [-0.39, 0.29) is 6.03 Å². The van der Waals surface area contributed by atoms with E-state index in [1.807, 2.05) is 42.5 Å². The van der Waals surface area contributed by atoms with E-state index in [9.17, 15) is 9.59 Å². The molecular weight excluding hydrogens is 320 g/mol. The van der Waals surface area contributed by atoms with Gasteiger partial charge in [0.1, 0.15) is 6.04 Å². The summed E-state index contributed by atoms with van der Waals surface area (Å²) in [7, 11) is 1.33. The summed E-state index contributed by atoms with van der Waals surface area (Å²) in [5.74, 6) is -0.449. The lowest BCUT2D eigenvalue weighted by atomic mass is 9.99. The van der Waals surface area contributed by atoms with Gasteiger partial charge in [0, 0.05) is 19.5 Å². The van der Waals surface area contributed by atoms with E-state index < -0.39 is 12.0 Å². The summed E-state index contributed by atoms with van der Waals surface area (Å²) in [5, 5.41) is 4.98. The largest absolute Gasteiger partial charge is 0.467 e. The van der Waals surface area contributed by atoms with E-state index in [1.165, 1.54) is 7.11 Å². The number of amides is 2. The monoisotopic (exact) mass is 342 g/mol. The number of ether oxygens (including phenoxy) is 2. The number of urea groups is 1. The highest BCUT2D eigenvalue weighted by atomic mass is 16.5. The van der Waals surface area contributed by atoms with Crippen molar-refractivity contribution < 1.29 is 19.1 Å². The average molecular weight is 342 g/mol. The van der Waals surface area contributed by atoms with Crippen LogP contribution in [0.25, 0.3) is 10.8 Å². The number of nitrogens with zero attached hydrogens (tertiary/aromatic N) is 1. The number of fused-ring (bicyclic) bond motifs is 1. The summed E-state index contributed by atoms with van der Waals surface area (Å²) in [6, 6.07) is 12.9. The second-order valence-electron chi connectivity index (χ2n) is 5.97. The molecule has 25 heavy (non-hydrogen) atoms. The number of benzene rings is 2. The molecule has 132 valence electrons. The summed E-state index contributed by atoms with van der Waals surface area (Å²) >= 11 is 0. The first-order valence-electron chi connectivity index (χ1n) is 8.36. The summed E-state index contributed by atoms with van der Waals surface area (Å²) in [6.07, 6.45) is 0.379. The lowest BCUT2D eigenvalue weighted by Crippen LogP contribution is -2.52. The second kappa shape index (κ2) is 7.98. The van der Waals surface area contributed by atoms with Crippen LogP contribution in [-0.2, 0) is 20.7 Å². The van der Waals surface area contributed by atoms with Crippen LogP contribution in [0.4, 0.5) is 4.79 Å². The number of carbonyl (C=O) groups is 2. The van der Waals surface area contributed by atoms with Gasteiger partial charge in [-0.15, -0.1) is 0 Å². The first kappa shape index (κ1) is 17.2. The molecule has 1 saturated heterocycles. The molecule has 1 aliphatic rings. The second-order valence-corrected chi connectivity index (χ2v) is 5.97. The van der Waals surface area contributed by atoms with E-state index in [4.69, 9.17) is 9.47 Å². The summed E-state index contributed by atoms with van der Waals surface area (Å²) < 4.78 is 10.1. The van der Waals surface area contributed by atoms with Gasteiger partial charge >= 0.3 is 12.0 Å². The molecule has 0 saturated carbocycles. The van der Waals surface area contributed by atoms with Crippen LogP contribution in [0.1, 0.15) is 5.56 Å². The van der Waals surface area contributed by atoms with E-state index in [0.717, 1.165) is 16.3 Å². The van der Waals surface area contributed by atoms with Crippen molar-refractivity contribution in [1.29, 1.82) is 0 Å². The fraction of sp³-hybridized carbons (Fsp3) is 0.368. The number of morpholine rings is 1. The van der Waals surface area contributed by atoms with Gasteiger partial charge in [0.05, 0.1) is 20.3 Å². The third-order valence-corrected chi connectivity index (χ3v) is 4.39. The van der Waals surface area contributed by atoms with E-state index >= 15 is 0 Å². The maximum absolute atomic E-state index is 12.4. The van der Waals surface area contributed by atoms with E-state index in [2.05, 4.69) is 5.32 Å². The molecule has 1 atom stereocenters. The average Bonchev–Trinajstić information content (AvgIpc) is 2.67. The smallest absolute Gasteiger partial charge is 0.328 e. The number of hydrogen-bond donors (Lipinski definition) is 1. The molecule has 2 aromatic carbocycles. The number of carbonyl (C=O) groups excluding carboxylic acids is 2. The Labute approximate surface area is 146 Å². The zero-order valence-electron chi connectivity index (χ0n) is 14.2. The van der Waals surface area contributed by atoms with Crippen LogP contribution >= 0.6 is 0 Å². The number of esters is 1. The van der Waals surface area contributed by atoms with Gasteiger partial charge in [0.25, 0.3) is 0 Å². The first-order chi connectivity index (χ1) is 12.2. The highest BCUT2D eigenvalue weighted by Gasteiger charge is 2.26. The number of hydrogen-bond acceptors (Lipinski definition) is 4. The normalized spacial score (nSPS) is 15.6. The van der Waals surface area contributed by atoms with Crippen LogP contribution in [-0.4, -0.2) is 56.4 Å². The van der Waals surface area contributed by atoms with Gasteiger partial charge in [0.15, 0.2) is 0 Å². The van der Waals surface area contributed by atoms with Gasteiger partial charge in [0.2, 0.25) is 0 Å². The maximum Gasteiger partial charge on any atom is 0.328 e.